The van der Waals surface area contributed by atoms with Gasteiger partial charge in [0, 0.05) is 17.8 Å². The summed E-state index contributed by atoms with van der Waals surface area (Å²) in [5, 5.41) is 20.8. The summed E-state index contributed by atoms with van der Waals surface area (Å²) < 4.78 is 46.0. The van der Waals surface area contributed by atoms with Crippen LogP contribution >= 0.6 is 0 Å². The fourth-order valence-corrected chi connectivity index (χ4v) is 3.91. The standard InChI is InChI=1S/C25H26F3N9O/c1-24(2,37(31)14-30)13-38-18-5-6-22(32-11-18)35-23-19-7-8-36(12-21(19)33-15-34-23)17-4-3-16(10-29)20(9-17)25(26,27)28/h3-6,9,11,14-15,30H,7-8,12-13,31H2,1-2H3,(H,32,33,34,35). The van der Waals surface area contributed by atoms with Crippen LogP contribution in [0.15, 0.2) is 42.9 Å². The molecule has 38 heavy (non-hydrogen) atoms. The molecule has 0 bridgehead atoms. The van der Waals surface area contributed by atoms with Crippen LogP contribution in [0.3, 0.4) is 0 Å². The van der Waals surface area contributed by atoms with Crippen molar-refractivity contribution in [3.63, 3.8) is 0 Å². The second kappa shape index (κ2) is 10.5. The topological polar surface area (TPSA) is 140 Å². The summed E-state index contributed by atoms with van der Waals surface area (Å²) in [4.78, 5) is 14.8. The Balaban J connectivity index is 1.46. The highest BCUT2D eigenvalue weighted by molar-refractivity contribution is 5.61. The van der Waals surface area contributed by atoms with E-state index < -0.39 is 22.8 Å². The van der Waals surface area contributed by atoms with Crippen molar-refractivity contribution in [3.8, 4) is 11.8 Å². The zero-order valence-electron chi connectivity index (χ0n) is 20.8. The molecule has 1 aromatic carbocycles. The second-order valence-corrected chi connectivity index (χ2v) is 9.30. The number of hydrogen-bond donors (Lipinski definition) is 3. The first kappa shape index (κ1) is 26.6. The number of ether oxygens (including phenoxy) is 1. The summed E-state index contributed by atoms with van der Waals surface area (Å²) in [5.74, 6) is 7.40. The Bertz CT molecular complexity index is 1350. The number of benzene rings is 1. The Morgan fingerprint density at radius 3 is 2.68 bits per heavy atom. The van der Waals surface area contributed by atoms with E-state index >= 15 is 0 Å². The molecule has 0 spiro atoms. The van der Waals surface area contributed by atoms with E-state index in [0.717, 1.165) is 18.0 Å². The number of nitrogens with two attached hydrogens (primary N) is 1. The van der Waals surface area contributed by atoms with E-state index in [0.29, 0.717) is 48.3 Å². The third-order valence-electron chi connectivity index (χ3n) is 6.21. The molecule has 3 aromatic rings. The van der Waals surface area contributed by atoms with E-state index in [2.05, 4.69) is 20.3 Å². The zero-order chi connectivity index (χ0) is 27.5. The van der Waals surface area contributed by atoms with Crippen LogP contribution in [0.5, 0.6) is 5.75 Å². The largest absolute Gasteiger partial charge is 0.489 e. The van der Waals surface area contributed by atoms with Crippen LogP contribution in [0.2, 0.25) is 0 Å². The molecule has 198 valence electrons. The number of rotatable bonds is 8. The number of alkyl halides is 3. The normalized spacial score (nSPS) is 13.3. The fraction of sp³-hybridized carbons (Fsp3) is 0.320. The highest BCUT2D eigenvalue weighted by Gasteiger charge is 2.34. The van der Waals surface area contributed by atoms with Gasteiger partial charge in [-0.05, 0) is 50.6 Å². The predicted molar refractivity (Wildman–Crippen MR) is 135 cm³/mol. The average molecular weight is 526 g/mol. The van der Waals surface area contributed by atoms with Crippen LogP contribution in [-0.4, -0.2) is 45.0 Å². The molecule has 10 nitrogen and oxygen atoms in total. The number of nitriles is 1. The van der Waals surface area contributed by atoms with Crippen molar-refractivity contribution in [2.45, 2.75) is 38.5 Å². The van der Waals surface area contributed by atoms with Gasteiger partial charge in [-0.3, -0.25) is 10.4 Å². The number of nitrogens with one attached hydrogen (secondary N) is 2. The molecule has 0 unspecified atom stereocenters. The summed E-state index contributed by atoms with van der Waals surface area (Å²) in [7, 11) is 0. The van der Waals surface area contributed by atoms with Crippen molar-refractivity contribution < 1.29 is 17.9 Å². The lowest BCUT2D eigenvalue weighted by Crippen LogP contribution is -2.51. The Morgan fingerprint density at radius 1 is 1.24 bits per heavy atom. The maximum absolute atomic E-state index is 13.4. The second-order valence-electron chi connectivity index (χ2n) is 9.30. The van der Waals surface area contributed by atoms with E-state index in [9.17, 15) is 13.2 Å². The SMILES string of the molecule is CC(C)(COc1ccc(Nc2ncnc3c2CCN(c2ccc(C#N)c(C(F)(F)F)c2)C3)nc1)N(N)C=N. The maximum atomic E-state index is 13.4. The van der Waals surface area contributed by atoms with E-state index in [4.69, 9.17) is 21.3 Å². The number of hydrogen-bond acceptors (Lipinski definition) is 9. The monoisotopic (exact) mass is 525 g/mol. The molecule has 1 aliphatic heterocycles. The molecule has 1 aliphatic rings. The Kier molecular flexibility index (Phi) is 7.36. The van der Waals surface area contributed by atoms with Crippen molar-refractivity contribution in [1.29, 1.82) is 10.7 Å². The summed E-state index contributed by atoms with van der Waals surface area (Å²) in [6, 6.07) is 8.81. The molecule has 0 saturated carbocycles. The van der Waals surface area contributed by atoms with Gasteiger partial charge in [0.1, 0.15) is 30.3 Å². The van der Waals surface area contributed by atoms with E-state index in [-0.39, 0.29) is 6.61 Å². The lowest BCUT2D eigenvalue weighted by Gasteiger charge is -2.32. The van der Waals surface area contributed by atoms with Crippen LogP contribution in [0.1, 0.15) is 36.2 Å². The first-order valence-electron chi connectivity index (χ1n) is 11.6. The van der Waals surface area contributed by atoms with Crippen LogP contribution in [-0.2, 0) is 19.1 Å². The zero-order valence-corrected chi connectivity index (χ0v) is 20.8. The summed E-state index contributed by atoms with van der Waals surface area (Å²) in [6.07, 6.45) is -0.142. The molecular weight excluding hydrogens is 499 g/mol. The minimum atomic E-state index is -4.62. The van der Waals surface area contributed by atoms with E-state index in [1.807, 2.05) is 13.8 Å². The molecule has 0 radical (unpaired) electrons. The Labute approximate surface area is 217 Å². The third-order valence-corrected chi connectivity index (χ3v) is 6.21. The minimum Gasteiger partial charge on any atom is -0.489 e. The highest BCUT2D eigenvalue weighted by atomic mass is 19.4. The number of anilines is 3. The number of fused-ring (bicyclic) bond motifs is 1. The van der Waals surface area contributed by atoms with Crippen LogP contribution in [0.4, 0.5) is 30.5 Å². The molecule has 2 aromatic heterocycles. The average Bonchev–Trinajstić information content (AvgIpc) is 2.91. The van der Waals surface area contributed by atoms with Gasteiger partial charge in [0.05, 0.1) is 47.5 Å². The van der Waals surface area contributed by atoms with Gasteiger partial charge >= 0.3 is 6.18 Å². The number of pyridine rings is 1. The molecule has 4 rings (SSSR count). The molecule has 13 heteroatoms. The summed E-state index contributed by atoms with van der Waals surface area (Å²) in [5.41, 5.74) is -0.0378. The molecule has 0 atom stereocenters. The highest BCUT2D eigenvalue weighted by Crippen LogP contribution is 2.36. The molecule has 3 heterocycles. The Hall–Kier alpha value is -4.44. The van der Waals surface area contributed by atoms with Gasteiger partial charge in [-0.25, -0.2) is 20.8 Å². The molecular formula is C25H26F3N9O. The smallest absolute Gasteiger partial charge is 0.417 e. The van der Waals surface area contributed by atoms with E-state index in [1.54, 1.807) is 29.3 Å². The molecule has 0 saturated heterocycles. The number of hydrazine groups is 1. The van der Waals surface area contributed by atoms with Gasteiger partial charge in [-0.2, -0.15) is 18.4 Å². The third kappa shape index (κ3) is 5.76. The fourth-order valence-electron chi connectivity index (χ4n) is 3.91. The number of nitrogens with zero attached hydrogens (tertiary/aromatic N) is 6. The number of halogens is 3. The lowest BCUT2D eigenvalue weighted by atomic mass is 10.0. The van der Waals surface area contributed by atoms with Crippen LogP contribution in [0, 0.1) is 16.7 Å². The molecule has 0 fully saturated rings. The molecule has 0 amide bonds. The first-order valence-corrected chi connectivity index (χ1v) is 11.6. The van der Waals surface area contributed by atoms with Crippen LogP contribution < -0.4 is 20.8 Å². The van der Waals surface area contributed by atoms with Crippen molar-refractivity contribution in [2.24, 2.45) is 5.84 Å². The van der Waals surface area contributed by atoms with Gasteiger partial charge in [-0.15, -0.1) is 0 Å². The van der Waals surface area contributed by atoms with E-state index in [1.165, 1.54) is 23.5 Å². The van der Waals surface area contributed by atoms with Gasteiger partial charge in [0.15, 0.2) is 0 Å². The predicted octanol–water partition coefficient (Wildman–Crippen LogP) is 4.01. The molecule has 4 N–H and O–H groups in total. The summed E-state index contributed by atoms with van der Waals surface area (Å²) >= 11 is 0. The first-order chi connectivity index (χ1) is 18.0. The van der Waals surface area contributed by atoms with Gasteiger partial charge in [0.25, 0.3) is 0 Å². The number of aromatic nitrogens is 3. The van der Waals surface area contributed by atoms with Gasteiger partial charge < -0.3 is 15.0 Å². The molecule has 0 aliphatic carbocycles. The quantitative estimate of drug-likeness (QED) is 0.172. The van der Waals surface area contributed by atoms with Crippen molar-refractivity contribution in [1.82, 2.24) is 20.0 Å². The maximum Gasteiger partial charge on any atom is 0.417 e. The minimum absolute atomic E-state index is 0.243. The van der Waals surface area contributed by atoms with Crippen LogP contribution in [0.25, 0.3) is 0 Å². The van der Waals surface area contributed by atoms with Gasteiger partial charge in [0.2, 0.25) is 0 Å². The Morgan fingerprint density at radius 2 is 2.03 bits per heavy atom. The lowest BCUT2D eigenvalue weighted by molar-refractivity contribution is -0.137. The van der Waals surface area contributed by atoms with Crippen molar-refractivity contribution in [2.75, 3.05) is 23.4 Å². The summed E-state index contributed by atoms with van der Waals surface area (Å²) in [6.45, 7) is 4.67. The van der Waals surface area contributed by atoms with Gasteiger partial charge in [-0.1, -0.05) is 0 Å². The van der Waals surface area contributed by atoms with Crippen molar-refractivity contribution >= 4 is 23.7 Å². The van der Waals surface area contributed by atoms with Crippen molar-refractivity contribution in [3.05, 3.63) is 65.2 Å².